The monoisotopic (exact) mass is 371 g/mol. The molecule has 0 aliphatic carbocycles. The Hall–Kier alpha value is -1.18. The first-order chi connectivity index (χ1) is 9.85. The van der Waals surface area contributed by atoms with Gasteiger partial charge < -0.3 is 5.73 Å². The second-order valence-corrected chi connectivity index (χ2v) is 7.78. The van der Waals surface area contributed by atoms with Crippen LogP contribution in [0.3, 0.4) is 0 Å². The van der Waals surface area contributed by atoms with E-state index in [1.165, 1.54) is 0 Å². The first kappa shape index (κ1) is 16.2. The molecular weight excluding hydrogens is 354 g/mol. The summed E-state index contributed by atoms with van der Waals surface area (Å²) >= 11 is 3.44. The Morgan fingerprint density at radius 2 is 1.86 bits per heavy atom. The average Bonchev–Trinajstić information content (AvgIpc) is 2.72. The largest absolute Gasteiger partial charge is 0.326 e. The van der Waals surface area contributed by atoms with Gasteiger partial charge in [-0.25, -0.2) is 8.42 Å². The van der Waals surface area contributed by atoms with Gasteiger partial charge >= 0.3 is 0 Å². The topological polar surface area (TPSA) is 78.0 Å². The fourth-order valence-corrected chi connectivity index (χ4v) is 3.53. The van der Waals surface area contributed by atoms with Gasteiger partial charge in [-0.1, -0.05) is 12.1 Å². The number of sulfone groups is 1. The molecule has 1 heterocycles. The highest BCUT2D eigenvalue weighted by Crippen LogP contribution is 2.20. The summed E-state index contributed by atoms with van der Waals surface area (Å²) in [5.74, 6) is 0.0172. The van der Waals surface area contributed by atoms with E-state index in [9.17, 15) is 8.42 Å². The van der Waals surface area contributed by atoms with Gasteiger partial charge in [-0.3, -0.25) is 4.68 Å². The summed E-state index contributed by atoms with van der Waals surface area (Å²) in [6.07, 6.45) is 0. The predicted octanol–water partition coefficient (Wildman–Crippen LogP) is 2.20. The van der Waals surface area contributed by atoms with Crippen molar-refractivity contribution in [2.75, 3.05) is 5.75 Å². The molecule has 114 valence electrons. The first-order valence-corrected chi connectivity index (χ1v) is 9.01. The van der Waals surface area contributed by atoms with Gasteiger partial charge in [-0.05, 0) is 47.5 Å². The van der Waals surface area contributed by atoms with Crippen LogP contribution in [0.2, 0.25) is 0 Å². The zero-order valence-electron chi connectivity index (χ0n) is 12.0. The molecule has 0 aliphatic rings. The Balaban J connectivity index is 2.15. The summed E-state index contributed by atoms with van der Waals surface area (Å²) in [5, 5.41) is 4.32. The van der Waals surface area contributed by atoms with Gasteiger partial charge in [0, 0.05) is 12.2 Å². The Bertz CT molecular complexity index is 736. The molecule has 0 saturated carbocycles. The van der Waals surface area contributed by atoms with Crippen molar-refractivity contribution in [1.29, 1.82) is 0 Å². The van der Waals surface area contributed by atoms with Crippen LogP contribution in [0.4, 0.5) is 0 Å². The van der Waals surface area contributed by atoms with Crippen LogP contribution in [-0.2, 0) is 22.9 Å². The van der Waals surface area contributed by atoms with Gasteiger partial charge in [0.1, 0.15) is 0 Å². The highest BCUT2D eigenvalue weighted by molar-refractivity contribution is 9.10. The maximum absolute atomic E-state index is 12.3. The molecule has 1 aromatic heterocycles. The van der Waals surface area contributed by atoms with Crippen molar-refractivity contribution < 1.29 is 8.42 Å². The smallest absolute Gasteiger partial charge is 0.180 e. The van der Waals surface area contributed by atoms with Crippen LogP contribution in [0.15, 0.2) is 33.6 Å². The fourth-order valence-electron chi connectivity index (χ4n) is 2.05. The minimum atomic E-state index is -3.32. The zero-order chi connectivity index (χ0) is 15.6. The van der Waals surface area contributed by atoms with Crippen LogP contribution in [0.25, 0.3) is 0 Å². The number of benzene rings is 1. The minimum Gasteiger partial charge on any atom is -0.326 e. The molecule has 0 radical (unpaired) electrons. The summed E-state index contributed by atoms with van der Waals surface area (Å²) in [6.45, 7) is 4.53. The van der Waals surface area contributed by atoms with Gasteiger partial charge in [-0.2, -0.15) is 5.10 Å². The van der Waals surface area contributed by atoms with E-state index in [1.54, 1.807) is 28.9 Å². The minimum absolute atomic E-state index is 0.0172. The van der Waals surface area contributed by atoms with Crippen LogP contribution >= 0.6 is 15.9 Å². The number of rotatable bonds is 5. The van der Waals surface area contributed by atoms with Gasteiger partial charge in [0.05, 0.1) is 27.4 Å². The molecule has 0 unspecified atom stereocenters. The number of nitrogens with two attached hydrogens (primary N) is 1. The predicted molar refractivity (Wildman–Crippen MR) is 85.8 cm³/mol. The molecular formula is C14H18BrN3O2S. The third-order valence-electron chi connectivity index (χ3n) is 3.38. The van der Waals surface area contributed by atoms with E-state index >= 15 is 0 Å². The normalized spacial score (nSPS) is 11.8. The summed E-state index contributed by atoms with van der Waals surface area (Å²) in [5.41, 5.74) is 8.21. The summed E-state index contributed by atoms with van der Waals surface area (Å²) in [6, 6.07) is 6.70. The van der Waals surface area contributed by atoms with Crippen LogP contribution in [0, 0.1) is 13.8 Å². The molecule has 0 amide bonds. The number of aromatic nitrogens is 2. The van der Waals surface area contributed by atoms with Gasteiger partial charge in [0.2, 0.25) is 0 Å². The van der Waals surface area contributed by atoms with E-state index in [4.69, 9.17) is 5.73 Å². The molecule has 0 atom stereocenters. The summed E-state index contributed by atoms with van der Waals surface area (Å²) in [4.78, 5) is 0.320. The second kappa shape index (κ2) is 6.29. The number of hydrogen-bond acceptors (Lipinski definition) is 4. The van der Waals surface area contributed by atoms with E-state index in [1.807, 2.05) is 13.8 Å². The Morgan fingerprint density at radius 1 is 1.24 bits per heavy atom. The lowest BCUT2D eigenvalue weighted by molar-refractivity contribution is 0.576. The lowest BCUT2D eigenvalue weighted by atomic mass is 10.2. The van der Waals surface area contributed by atoms with E-state index in [0.717, 1.165) is 21.4 Å². The first-order valence-electron chi connectivity index (χ1n) is 6.56. The summed E-state index contributed by atoms with van der Waals surface area (Å²) < 4.78 is 27.3. The maximum Gasteiger partial charge on any atom is 0.180 e. The highest BCUT2D eigenvalue weighted by Gasteiger charge is 2.16. The molecule has 7 heteroatoms. The Kier molecular flexibility index (Phi) is 4.85. The molecule has 0 saturated heterocycles. The number of hydrogen-bond donors (Lipinski definition) is 1. The molecule has 1 aromatic carbocycles. The lowest BCUT2D eigenvalue weighted by Crippen LogP contribution is -2.15. The fraction of sp³-hybridized carbons (Fsp3) is 0.357. The van der Waals surface area contributed by atoms with E-state index in [-0.39, 0.29) is 5.75 Å². The van der Waals surface area contributed by atoms with Crippen molar-refractivity contribution in [2.24, 2.45) is 5.73 Å². The molecule has 2 rings (SSSR count). The van der Waals surface area contributed by atoms with E-state index in [2.05, 4.69) is 21.0 Å². The lowest BCUT2D eigenvalue weighted by Gasteiger charge is -2.07. The third kappa shape index (κ3) is 3.53. The quantitative estimate of drug-likeness (QED) is 0.873. The van der Waals surface area contributed by atoms with Crippen LogP contribution in [0.1, 0.15) is 17.0 Å². The van der Waals surface area contributed by atoms with Gasteiger partial charge in [0.25, 0.3) is 0 Å². The maximum atomic E-state index is 12.3. The molecule has 21 heavy (non-hydrogen) atoms. The molecule has 0 fully saturated rings. The number of aryl methyl sites for hydroxylation is 2. The molecule has 2 aromatic rings. The van der Waals surface area contributed by atoms with Crippen molar-refractivity contribution in [3.05, 3.63) is 45.7 Å². The molecule has 0 bridgehead atoms. The van der Waals surface area contributed by atoms with Crippen molar-refractivity contribution >= 4 is 25.8 Å². The molecule has 0 aliphatic heterocycles. The second-order valence-electron chi connectivity index (χ2n) is 4.87. The van der Waals surface area contributed by atoms with Crippen molar-refractivity contribution in [1.82, 2.24) is 9.78 Å². The van der Waals surface area contributed by atoms with Gasteiger partial charge in [-0.15, -0.1) is 0 Å². The van der Waals surface area contributed by atoms with Crippen molar-refractivity contribution in [3.8, 4) is 0 Å². The third-order valence-corrected chi connectivity index (χ3v) is 6.24. The van der Waals surface area contributed by atoms with Crippen LogP contribution in [0.5, 0.6) is 0 Å². The molecule has 2 N–H and O–H groups in total. The Labute approximate surface area is 133 Å². The van der Waals surface area contributed by atoms with Crippen molar-refractivity contribution in [3.63, 3.8) is 0 Å². The molecule has 5 nitrogen and oxygen atoms in total. The van der Waals surface area contributed by atoms with Crippen LogP contribution < -0.4 is 5.73 Å². The molecule has 0 spiro atoms. The van der Waals surface area contributed by atoms with E-state index in [0.29, 0.717) is 18.0 Å². The van der Waals surface area contributed by atoms with Crippen LogP contribution in [-0.4, -0.2) is 24.0 Å². The Morgan fingerprint density at radius 3 is 2.33 bits per heavy atom. The summed E-state index contributed by atoms with van der Waals surface area (Å²) in [7, 11) is -3.32. The standard InChI is InChI=1S/C14H18BrN3O2S/c1-10-14(15)11(2)18(17-10)7-8-21(19,20)13-5-3-12(9-16)4-6-13/h3-6H,7-9,16H2,1-2H3. The van der Waals surface area contributed by atoms with Crippen molar-refractivity contribution in [2.45, 2.75) is 31.8 Å². The van der Waals surface area contributed by atoms with Gasteiger partial charge in [0.15, 0.2) is 9.84 Å². The SMILES string of the molecule is Cc1nn(CCS(=O)(=O)c2ccc(CN)cc2)c(C)c1Br. The zero-order valence-corrected chi connectivity index (χ0v) is 14.4. The number of halogens is 1. The number of nitrogens with zero attached hydrogens (tertiary/aromatic N) is 2. The van der Waals surface area contributed by atoms with E-state index < -0.39 is 9.84 Å². The average molecular weight is 372 g/mol. The highest BCUT2D eigenvalue weighted by atomic mass is 79.9.